The van der Waals surface area contributed by atoms with Gasteiger partial charge in [0.15, 0.2) is 0 Å². The Labute approximate surface area is 116 Å². The fourth-order valence-electron chi connectivity index (χ4n) is 3.24. The van der Waals surface area contributed by atoms with Crippen molar-refractivity contribution in [1.29, 1.82) is 0 Å². The molecule has 1 saturated carbocycles. The van der Waals surface area contributed by atoms with Crippen molar-refractivity contribution in [3.63, 3.8) is 0 Å². The smallest absolute Gasteiger partial charge is 0.223 e. The SMILES string of the molecule is CCN(CC)C(=O)CCNC1CCOC2(CCC2)C1. The van der Waals surface area contributed by atoms with E-state index in [4.69, 9.17) is 4.74 Å². The van der Waals surface area contributed by atoms with Gasteiger partial charge in [-0.1, -0.05) is 0 Å². The Kier molecular flexibility index (Phi) is 5.22. The highest BCUT2D eigenvalue weighted by Gasteiger charge is 2.42. The fraction of sp³-hybridized carbons (Fsp3) is 0.933. The van der Waals surface area contributed by atoms with Gasteiger partial charge in [-0.05, 0) is 46.0 Å². The number of hydrogen-bond donors (Lipinski definition) is 1. The van der Waals surface area contributed by atoms with E-state index >= 15 is 0 Å². The van der Waals surface area contributed by atoms with Crippen molar-refractivity contribution < 1.29 is 9.53 Å². The molecule has 1 atom stereocenters. The molecule has 1 amide bonds. The molecule has 2 fully saturated rings. The zero-order valence-electron chi connectivity index (χ0n) is 12.4. The van der Waals surface area contributed by atoms with Crippen LogP contribution >= 0.6 is 0 Å². The van der Waals surface area contributed by atoms with Crippen LogP contribution in [0.2, 0.25) is 0 Å². The van der Waals surface area contributed by atoms with E-state index in [0.717, 1.165) is 39.1 Å². The Bertz CT molecular complexity index is 299. The van der Waals surface area contributed by atoms with E-state index in [1.165, 1.54) is 19.3 Å². The molecule has 4 nitrogen and oxygen atoms in total. The number of rotatable bonds is 6. The Balaban J connectivity index is 1.66. The summed E-state index contributed by atoms with van der Waals surface area (Å²) in [5, 5.41) is 3.55. The molecule has 1 N–H and O–H groups in total. The van der Waals surface area contributed by atoms with Gasteiger partial charge in [0.2, 0.25) is 5.91 Å². The van der Waals surface area contributed by atoms with E-state index in [2.05, 4.69) is 5.32 Å². The second-order valence-electron chi connectivity index (χ2n) is 5.84. The topological polar surface area (TPSA) is 41.6 Å². The highest BCUT2D eigenvalue weighted by Crippen LogP contribution is 2.42. The van der Waals surface area contributed by atoms with Crippen molar-refractivity contribution in [2.75, 3.05) is 26.2 Å². The summed E-state index contributed by atoms with van der Waals surface area (Å²) < 4.78 is 5.92. The van der Waals surface area contributed by atoms with Gasteiger partial charge in [-0.25, -0.2) is 0 Å². The number of amides is 1. The molecule has 1 unspecified atom stereocenters. The molecule has 1 spiro atoms. The van der Waals surface area contributed by atoms with Crippen molar-refractivity contribution in [1.82, 2.24) is 10.2 Å². The first-order chi connectivity index (χ1) is 9.19. The van der Waals surface area contributed by atoms with Gasteiger partial charge in [-0.15, -0.1) is 0 Å². The van der Waals surface area contributed by atoms with Crippen LogP contribution in [-0.4, -0.2) is 48.7 Å². The molecular formula is C15H28N2O2. The van der Waals surface area contributed by atoms with Crippen molar-refractivity contribution >= 4 is 5.91 Å². The molecule has 2 rings (SSSR count). The summed E-state index contributed by atoms with van der Waals surface area (Å²) in [5.41, 5.74) is 0.193. The number of nitrogens with zero attached hydrogens (tertiary/aromatic N) is 1. The molecule has 4 heteroatoms. The first-order valence-electron chi connectivity index (χ1n) is 7.84. The van der Waals surface area contributed by atoms with E-state index in [0.29, 0.717) is 12.5 Å². The molecule has 1 aliphatic carbocycles. The van der Waals surface area contributed by atoms with E-state index in [9.17, 15) is 4.79 Å². The highest BCUT2D eigenvalue weighted by atomic mass is 16.5. The van der Waals surface area contributed by atoms with Gasteiger partial charge in [0.25, 0.3) is 0 Å². The number of hydrogen-bond acceptors (Lipinski definition) is 3. The molecule has 1 aliphatic heterocycles. The second kappa shape index (κ2) is 6.71. The first-order valence-corrected chi connectivity index (χ1v) is 7.84. The van der Waals surface area contributed by atoms with Crippen molar-refractivity contribution in [2.45, 2.75) is 64.0 Å². The maximum atomic E-state index is 11.9. The third-order valence-electron chi connectivity index (χ3n) is 4.65. The lowest BCUT2D eigenvalue weighted by molar-refractivity contribution is -0.136. The van der Waals surface area contributed by atoms with E-state index < -0.39 is 0 Å². The molecule has 1 heterocycles. The van der Waals surface area contributed by atoms with Gasteiger partial charge in [-0.2, -0.15) is 0 Å². The lowest BCUT2D eigenvalue weighted by Crippen LogP contribution is -2.51. The van der Waals surface area contributed by atoms with E-state index in [1.807, 2.05) is 18.7 Å². The monoisotopic (exact) mass is 268 g/mol. The van der Waals surface area contributed by atoms with Gasteiger partial charge >= 0.3 is 0 Å². The normalized spacial score (nSPS) is 25.1. The maximum absolute atomic E-state index is 11.9. The summed E-state index contributed by atoms with van der Waals surface area (Å²) in [6, 6.07) is 0.540. The molecular weight excluding hydrogens is 240 g/mol. The zero-order valence-corrected chi connectivity index (χ0v) is 12.4. The maximum Gasteiger partial charge on any atom is 0.223 e. The highest BCUT2D eigenvalue weighted by molar-refractivity contribution is 5.76. The van der Waals surface area contributed by atoms with Crippen LogP contribution in [0.4, 0.5) is 0 Å². The third kappa shape index (κ3) is 3.69. The van der Waals surface area contributed by atoms with Crippen molar-refractivity contribution in [3.8, 4) is 0 Å². The average molecular weight is 268 g/mol. The molecule has 0 aromatic rings. The molecule has 2 aliphatic rings. The Morgan fingerprint density at radius 2 is 2.11 bits per heavy atom. The van der Waals surface area contributed by atoms with Crippen LogP contribution in [0.5, 0.6) is 0 Å². The van der Waals surface area contributed by atoms with Gasteiger partial charge in [-0.3, -0.25) is 4.79 Å². The molecule has 0 aromatic carbocycles. The van der Waals surface area contributed by atoms with Gasteiger partial charge < -0.3 is 15.0 Å². The van der Waals surface area contributed by atoms with Crippen LogP contribution in [0.1, 0.15) is 52.4 Å². The summed E-state index contributed by atoms with van der Waals surface area (Å²) in [4.78, 5) is 13.8. The number of nitrogens with one attached hydrogen (secondary N) is 1. The predicted molar refractivity (Wildman–Crippen MR) is 76.1 cm³/mol. The number of carbonyl (C=O) groups excluding carboxylic acids is 1. The Hall–Kier alpha value is -0.610. The van der Waals surface area contributed by atoms with Crippen LogP contribution < -0.4 is 5.32 Å². The summed E-state index contributed by atoms with van der Waals surface area (Å²) in [6.45, 7) is 7.38. The van der Waals surface area contributed by atoms with Gasteiger partial charge in [0.1, 0.15) is 0 Å². The number of carbonyl (C=O) groups is 1. The standard InChI is InChI=1S/C15H28N2O2/c1-3-17(4-2)14(18)6-10-16-13-7-11-19-15(12-13)8-5-9-15/h13,16H,3-12H2,1-2H3. The van der Waals surface area contributed by atoms with Crippen LogP contribution in [0.15, 0.2) is 0 Å². The molecule has 0 radical (unpaired) electrons. The Morgan fingerprint density at radius 1 is 1.37 bits per heavy atom. The van der Waals surface area contributed by atoms with Crippen LogP contribution in [0, 0.1) is 0 Å². The molecule has 0 bridgehead atoms. The third-order valence-corrected chi connectivity index (χ3v) is 4.65. The largest absolute Gasteiger partial charge is 0.375 e. The second-order valence-corrected chi connectivity index (χ2v) is 5.84. The van der Waals surface area contributed by atoms with Crippen molar-refractivity contribution in [3.05, 3.63) is 0 Å². The zero-order chi connectivity index (χ0) is 13.7. The van der Waals surface area contributed by atoms with Gasteiger partial charge in [0.05, 0.1) is 5.60 Å². The average Bonchev–Trinajstić information content (AvgIpc) is 2.39. The summed E-state index contributed by atoms with van der Waals surface area (Å²) in [7, 11) is 0. The predicted octanol–water partition coefficient (Wildman–Crippen LogP) is 1.94. The molecule has 110 valence electrons. The summed E-state index contributed by atoms with van der Waals surface area (Å²) in [6.07, 6.45) is 6.60. The summed E-state index contributed by atoms with van der Waals surface area (Å²) in [5.74, 6) is 0.267. The van der Waals surface area contributed by atoms with E-state index in [1.54, 1.807) is 0 Å². The minimum absolute atomic E-state index is 0.193. The lowest BCUT2D eigenvalue weighted by Gasteiger charge is -2.47. The van der Waals surface area contributed by atoms with E-state index in [-0.39, 0.29) is 11.5 Å². The molecule has 1 saturated heterocycles. The fourth-order valence-corrected chi connectivity index (χ4v) is 3.24. The lowest BCUT2D eigenvalue weighted by atomic mass is 9.74. The first kappa shape index (κ1) is 14.8. The minimum atomic E-state index is 0.193. The minimum Gasteiger partial charge on any atom is -0.375 e. The summed E-state index contributed by atoms with van der Waals surface area (Å²) >= 11 is 0. The van der Waals surface area contributed by atoms with Crippen LogP contribution in [0.25, 0.3) is 0 Å². The molecule has 19 heavy (non-hydrogen) atoms. The van der Waals surface area contributed by atoms with Crippen LogP contribution in [0.3, 0.4) is 0 Å². The Morgan fingerprint density at radius 3 is 2.68 bits per heavy atom. The molecule has 0 aromatic heterocycles. The quantitative estimate of drug-likeness (QED) is 0.800. The van der Waals surface area contributed by atoms with Crippen LogP contribution in [-0.2, 0) is 9.53 Å². The van der Waals surface area contributed by atoms with Gasteiger partial charge in [0, 0.05) is 38.7 Å². The van der Waals surface area contributed by atoms with Crippen molar-refractivity contribution in [2.24, 2.45) is 0 Å². The number of ether oxygens (including phenoxy) is 1.